The van der Waals surface area contributed by atoms with Gasteiger partial charge in [0.15, 0.2) is 0 Å². The first kappa shape index (κ1) is 9.61. The molecule has 0 spiro atoms. The number of nitrogens with zero attached hydrogens (tertiary/aromatic N) is 1. The lowest BCUT2D eigenvalue weighted by atomic mass is 10.3. The Morgan fingerprint density at radius 2 is 2.58 bits per heavy atom. The molecular formula is C8H14N2OS. The Hall–Kier alpha value is -0.480. The third-order valence-electron chi connectivity index (χ3n) is 1.72. The Balaban J connectivity index is 2.25. The zero-order valence-electron chi connectivity index (χ0n) is 7.41. The van der Waals surface area contributed by atoms with E-state index >= 15 is 0 Å². The van der Waals surface area contributed by atoms with E-state index in [0.717, 1.165) is 17.4 Å². The fourth-order valence-corrected chi connectivity index (χ4v) is 1.86. The summed E-state index contributed by atoms with van der Waals surface area (Å²) in [6.45, 7) is 2.16. The molecule has 0 amide bonds. The van der Waals surface area contributed by atoms with Crippen molar-refractivity contribution in [3.63, 3.8) is 0 Å². The first-order valence-electron chi connectivity index (χ1n) is 4.06. The van der Waals surface area contributed by atoms with E-state index < -0.39 is 0 Å². The second-order valence-corrected chi connectivity index (χ2v) is 3.47. The van der Waals surface area contributed by atoms with E-state index in [2.05, 4.69) is 17.2 Å². The molecule has 1 unspecified atom stereocenters. The van der Waals surface area contributed by atoms with Gasteiger partial charge in [-0.1, -0.05) is 18.7 Å². The maximum atomic E-state index is 5.10. The lowest BCUT2D eigenvalue weighted by molar-refractivity contribution is 0.453. The van der Waals surface area contributed by atoms with Crippen molar-refractivity contribution >= 4 is 11.8 Å². The Morgan fingerprint density at radius 3 is 3.08 bits per heavy atom. The van der Waals surface area contributed by atoms with Gasteiger partial charge in [-0.05, 0) is 13.5 Å². The fraction of sp³-hybridized carbons (Fsp3) is 0.625. The van der Waals surface area contributed by atoms with Gasteiger partial charge in [0.2, 0.25) is 0 Å². The highest BCUT2D eigenvalue weighted by atomic mass is 32.2. The molecule has 68 valence electrons. The number of oxazole rings is 1. The zero-order chi connectivity index (χ0) is 8.81. The Kier molecular flexibility index (Phi) is 4.18. The van der Waals surface area contributed by atoms with Crippen molar-refractivity contribution in [1.82, 2.24) is 10.3 Å². The number of hydrogen-bond acceptors (Lipinski definition) is 4. The highest BCUT2D eigenvalue weighted by Gasteiger charge is 2.05. The average Bonchev–Trinajstić information content (AvgIpc) is 2.59. The molecule has 0 bridgehead atoms. The molecule has 0 fully saturated rings. The molecule has 0 aliphatic heterocycles. The molecule has 3 nitrogen and oxygen atoms in total. The molecule has 0 aliphatic rings. The zero-order valence-corrected chi connectivity index (χ0v) is 8.23. The third-order valence-corrected chi connectivity index (χ3v) is 2.74. The summed E-state index contributed by atoms with van der Waals surface area (Å²) in [4.78, 5) is 4.03. The maximum Gasteiger partial charge on any atom is 0.255 e. The molecule has 1 aromatic rings. The van der Waals surface area contributed by atoms with Crippen LogP contribution in [-0.4, -0.2) is 23.8 Å². The molecular weight excluding hydrogens is 172 g/mol. The van der Waals surface area contributed by atoms with Crippen LogP contribution in [0.4, 0.5) is 0 Å². The van der Waals surface area contributed by atoms with Gasteiger partial charge in [-0.2, -0.15) is 0 Å². The number of aromatic nitrogens is 1. The first-order chi connectivity index (χ1) is 5.86. The smallest absolute Gasteiger partial charge is 0.255 e. The SMILES string of the molecule is CCC(CSc1ncco1)NC. The minimum absolute atomic E-state index is 0.543. The minimum Gasteiger partial charge on any atom is -0.440 e. The van der Waals surface area contributed by atoms with Crippen molar-refractivity contribution in [3.05, 3.63) is 12.5 Å². The van der Waals surface area contributed by atoms with Crippen molar-refractivity contribution in [2.24, 2.45) is 0 Å². The van der Waals surface area contributed by atoms with E-state index in [9.17, 15) is 0 Å². The van der Waals surface area contributed by atoms with Gasteiger partial charge >= 0.3 is 0 Å². The molecule has 0 saturated heterocycles. The van der Waals surface area contributed by atoms with Crippen LogP contribution in [0.3, 0.4) is 0 Å². The molecule has 1 N–H and O–H groups in total. The van der Waals surface area contributed by atoms with E-state index in [-0.39, 0.29) is 0 Å². The van der Waals surface area contributed by atoms with Crippen LogP contribution in [0.1, 0.15) is 13.3 Å². The van der Waals surface area contributed by atoms with Gasteiger partial charge in [0.1, 0.15) is 6.26 Å². The van der Waals surface area contributed by atoms with Crippen molar-refractivity contribution in [2.75, 3.05) is 12.8 Å². The van der Waals surface area contributed by atoms with Crippen molar-refractivity contribution in [3.8, 4) is 0 Å². The molecule has 4 heteroatoms. The largest absolute Gasteiger partial charge is 0.440 e. The van der Waals surface area contributed by atoms with Gasteiger partial charge in [-0.15, -0.1) is 0 Å². The van der Waals surface area contributed by atoms with Crippen LogP contribution in [0.25, 0.3) is 0 Å². The molecule has 0 aromatic carbocycles. The molecule has 1 rings (SSSR count). The van der Waals surface area contributed by atoms with Crippen LogP contribution in [0, 0.1) is 0 Å². The Morgan fingerprint density at radius 1 is 1.75 bits per heavy atom. The summed E-state index contributed by atoms with van der Waals surface area (Å²) in [5.74, 6) is 1.01. The highest BCUT2D eigenvalue weighted by molar-refractivity contribution is 7.99. The van der Waals surface area contributed by atoms with Crippen LogP contribution >= 0.6 is 11.8 Å². The standard InChI is InChI=1S/C8H14N2OS/c1-3-7(9-2)6-12-8-10-4-5-11-8/h4-5,7,9H,3,6H2,1-2H3. The van der Waals surface area contributed by atoms with E-state index in [1.807, 2.05) is 7.05 Å². The summed E-state index contributed by atoms with van der Waals surface area (Å²) in [5.41, 5.74) is 0. The van der Waals surface area contributed by atoms with E-state index in [0.29, 0.717) is 6.04 Å². The quantitative estimate of drug-likeness (QED) is 0.711. The lowest BCUT2D eigenvalue weighted by Crippen LogP contribution is -2.26. The first-order valence-corrected chi connectivity index (χ1v) is 5.05. The van der Waals surface area contributed by atoms with E-state index in [1.165, 1.54) is 0 Å². The van der Waals surface area contributed by atoms with E-state index in [4.69, 9.17) is 4.42 Å². The van der Waals surface area contributed by atoms with Gasteiger partial charge < -0.3 is 9.73 Å². The van der Waals surface area contributed by atoms with Crippen molar-refractivity contribution < 1.29 is 4.42 Å². The second-order valence-electron chi connectivity index (χ2n) is 2.50. The van der Waals surface area contributed by atoms with Crippen LogP contribution in [-0.2, 0) is 0 Å². The Labute approximate surface area is 76.9 Å². The summed E-state index contributed by atoms with van der Waals surface area (Å²) in [7, 11) is 1.98. The van der Waals surface area contributed by atoms with Gasteiger partial charge in [0.25, 0.3) is 5.22 Å². The monoisotopic (exact) mass is 186 g/mol. The van der Waals surface area contributed by atoms with Gasteiger partial charge in [0, 0.05) is 11.8 Å². The van der Waals surface area contributed by atoms with Gasteiger partial charge in [0.05, 0.1) is 6.20 Å². The van der Waals surface area contributed by atoms with Crippen molar-refractivity contribution in [1.29, 1.82) is 0 Å². The van der Waals surface area contributed by atoms with Crippen LogP contribution in [0.2, 0.25) is 0 Å². The summed E-state index contributed by atoms with van der Waals surface area (Å²) >= 11 is 1.64. The maximum absolute atomic E-state index is 5.10. The molecule has 0 saturated carbocycles. The summed E-state index contributed by atoms with van der Waals surface area (Å²) < 4.78 is 5.10. The average molecular weight is 186 g/mol. The number of thioether (sulfide) groups is 1. The molecule has 1 heterocycles. The van der Waals surface area contributed by atoms with Crippen LogP contribution in [0.15, 0.2) is 22.1 Å². The molecule has 0 radical (unpaired) electrons. The predicted octanol–water partition coefficient (Wildman–Crippen LogP) is 1.76. The topological polar surface area (TPSA) is 38.1 Å². The highest BCUT2D eigenvalue weighted by Crippen LogP contribution is 2.16. The molecule has 0 aliphatic carbocycles. The number of hydrogen-bond donors (Lipinski definition) is 1. The van der Waals surface area contributed by atoms with Crippen LogP contribution in [0.5, 0.6) is 0 Å². The van der Waals surface area contributed by atoms with Crippen LogP contribution < -0.4 is 5.32 Å². The molecule has 1 atom stereocenters. The molecule has 1 aromatic heterocycles. The number of rotatable bonds is 5. The summed E-state index contributed by atoms with van der Waals surface area (Å²) in [5, 5.41) is 3.98. The van der Waals surface area contributed by atoms with Gasteiger partial charge in [-0.25, -0.2) is 4.98 Å². The normalized spacial score (nSPS) is 13.2. The summed E-state index contributed by atoms with van der Waals surface area (Å²) in [6.07, 6.45) is 4.40. The molecule has 12 heavy (non-hydrogen) atoms. The third kappa shape index (κ3) is 2.87. The number of nitrogens with one attached hydrogen (secondary N) is 1. The fourth-order valence-electron chi connectivity index (χ4n) is 0.859. The second kappa shape index (κ2) is 5.22. The Bertz CT molecular complexity index is 197. The summed E-state index contributed by atoms with van der Waals surface area (Å²) in [6, 6.07) is 0.543. The van der Waals surface area contributed by atoms with Gasteiger partial charge in [-0.3, -0.25) is 0 Å². The van der Waals surface area contributed by atoms with E-state index in [1.54, 1.807) is 24.2 Å². The predicted molar refractivity (Wildman–Crippen MR) is 50.4 cm³/mol. The minimum atomic E-state index is 0.543. The van der Waals surface area contributed by atoms with Crippen molar-refractivity contribution in [2.45, 2.75) is 24.6 Å². The lowest BCUT2D eigenvalue weighted by Gasteiger charge is -2.10.